The van der Waals surface area contributed by atoms with Crippen molar-refractivity contribution in [3.05, 3.63) is 99.7 Å². The lowest BCUT2D eigenvalue weighted by Gasteiger charge is -2.41. The van der Waals surface area contributed by atoms with Crippen molar-refractivity contribution in [3.8, 4) is 5.75 Å². The van der Waals surface area contributed by atoms with E-state index in [9.17, 15) is 58.4 Å². The molecule has 0 bridgehead atoms. The number of rotatable bonds is 35. The van der Waals surface area contributed by atoms with Crippen molar-refractivity contribution in [2.75, 3.05) is 53.3 Å². The summed E-state index contributed by atoms with van der Waals surface area (Å²) < 4.78 is 23.9. The lowest BCUT2D eigenvalue weighted by Crippen LogP contribution is -2.60. The number of likely N-dealkylation sites (N-methyl/N-ethyl adjacent to an activating group) is 2. The first-order chi connectivity index (χ1) is 43.2. The van der Waals surface area contributed by atoms with Gasteiger partial charge in [-0.15, -0.1) is 0 Å². The first kappa shape index (κ1) is 73.7. The van der Waals surface area contributed by atoms with Crippen LogP contribution in [0.3, 0.4) is 0 Å². The number of hydrogen-bond acceptors (Lipinski definition) is 16. The fraction of sp³-hybridized carbons (Fsp3) is 0.591. The molecule has 2 aromatic carbocycles. The van der Waals surface area contributed by atoms with Crippen LogP contribution in [-0.4, -0.2) is 179 Å². The van der Waals surface area contributed by atoms with Gasteiger partial charge in [0.1, 0.15) is 31.0 Å². The fourth-order valence-corrected chi connectivity index (χ4v) is 11.8. The Morgan fingerprint density at radius 2 is 1.51 bits per heavy atom. The van der Waals surface area contributed by atoms with Gasteiger partial charge in [-0.05, 0) is 104 Å². The molecule has 5 rings (SSSR count). The number of aliphatic hydroxyl groups excluding tert-OH is 1. The van der Waals surface area contributed by atoms with E-state index in [-0.39, 0.29) is 79.3 Å². The molecule has 2 aliphatic heterocycles. The Labute approximate surface area is 534 Å². The van der Waals surface area contributed by atoms with E-state index in [1.54, 1.807) is 64.5 Å². The van der Waals surface area contributed by atoms with E-state index in [1.807, 2.05) is 32.1 Å². The molecular formula is C66H95N9O16. The van der Waals surface area contributed by atoms with Crippen molar-refractivity contribution in [1.29, 1.82) is 0 Å². The molecule has 25 heteroatoms. The van der Waals surface area contributed by atoms with Crippen LogP contribution in [0.1, 0.15) is 131 Å². The molecule has 5 N–H and O–H groups in total. The van der Waals surface area contributed by atoms with E-state index in [0.29, 0.717) is 62.6 Å². The van der Waals surface area contributed by atoms with Crippen molar-refractivity contribution >= 4 is 64.7 Å². The predicted octanol–water partition coefficient (Wildman–Crippen LogP) is 6.51. The molecule has 2 unspecified atom stereocenters. The maximum absolute atomic E-state index is 14.9. The fourth-order valence-electron chi connectivity index (χ4n) is 11.8. The molecule has 0 spiro atoms. The van der Waals surface area contributed by atoms with Crippen LogP contribution in [0.4, 0.5) is 16.2 Å². The van der Waals surface area contributed by atoms with E-state index >= 15 is 0 Å². The number of non-ortho nitro benzene ring substituents is 1. The number of carbonyl (C=O) groups excluding carboxylic acids is 9. The van der Waals surface area contributed by atoms with Gasteiger partial charge in [-0.2, -0.15) is 0 Å². The number of carbonyl (C=O) groups is 9. The highest BCUT2D eigenvalue weighted by atomic mass is 16.6. The summed E-state index contributed by atoms with van der Waals surface area (Å²) in [6.07, 6.45) is 9.93. The Bertz CT molecular complexity index is 2950. The van der Waals surface area contributed by atoms with Gasteiger partial charge in [0.05, 0.1) is 65.9 Å². The summed E-state index contributed by atoms with van der Waals surface area (Å²) >= 11 is 0. The average molecular weight is 1270 g/mol. The second-order valence-corrected chi connectivity index (χ2v) is 24.5. The summed E-state index contributed by atoms with van der Waals surface area (Å²) in [6.45, 7) is 14.4. The molecule has 0 aromatic heterocycles. The quantitative estimate of drug-likeness (QED) is 0.0213. The van der Waals surface area contributed by atoms with E-state index < -0.39 is 107 Å². The number of amides is 9. The van der Waals surface area contributed by atoms with Crippen LogP contribution in [0, 0.1) is 33.8 Å². The molecule has 1 fully saturated rings. The third-order valence-electron chi connectivity index (χ3n) is 17.2. The van der Waals surface area contributed by atoms with Crippen LogP contribution < -0.4 is 26.0 Å². The molecule has 0 radical (unpaired) electrons. The molecule has 91 heavy (non-hydrogen) atoms. The lowest BCUT2D eigenvalue weighted by molar-refractivity contribution is -0.384. The average Bonchev–Trinajstić information content (AvgIpc) is 2.15. The summed E-state index contributed by atoms with van der Waals surface area (Å²) in [5.74, 6) is -4.97. The summed E-state index contributed by atoms with van der Waals surface area (Å²) in [5.41, 5.74) is 1.86. The van der Waals surface area contributed by atoms with E-state index in [2.05, 4.69) is 21.3 Å². The zero-order chi connectivity index (χ0) is 67.2. The van der Waals surface area contributed by atoms with Gasteiger partial charge in [0.25, 0.3) is 17.5 Å². The van der Waals surface area contributed by atoms with Gasteiger partial charge in [0.2, 0.25) is 35.4 Å². The van der Waals surface area contributed by atoms with E-state index in [4.69, 9.17) is 18.9 Å². The number of nitrogens with one attached hydrogen (secondary N) is 4. The van der Waals surface area contributed by atoms with Crippen LogP contribution in [-0.2, 0) is 65.8 Å². The second-order valence-electron chi connectivity index (χ2n) is 24.5. The number of hydrogen-bond donors (Lipinski definition) is 5. The maximum atomic E-state index is 14.9. The van der Waals surface area contributed by atoms with Gasteiger partial charge in [0, 0.05) is 72.1 Å². The first-order valence-electron chi connectivity index (χ1n) is 31.5. The first-order valence-corrected chi connectivity index (χ1v) is 31.5. The number of unbranched alkanes of at least 4 members (excludes halogenated alkanes) is 2. The minimum atomic E-state index is -1.13. The van der Waals surface area contributed by atoms with Gasteiger partial charge < -0.3 is 55.1 Å². The third kappa shape index (κ3) is 20.7. The predicted molar refractivity (Wildman–Crippen MR) is 339 cm³/mol. The highest BCUT2D eigenvalue weighted by molar-refractivity contribution is 6.12. The monoisotopic (exact) mass is 1270 g/mol. The topological polar surface area (TPSA) is 315 Å². The number of ether oxygens (including phenoxy) is 4. The van der Waals surface area contributed by atoms with Crippen molar-refractivity contribution in [1.82, 2.24) is 35.6 Å². The molecule has 9 amide bonds. The summed E-state index contributed by atoms with van der Waals surface area (Å²) in [4.78, 5) is 137. The Kier molecular flexibility index (Phi) is 28.8. The van der Waals surface area contributed by atoms with Crippen molar-refractivity contribution in [2.24, 2.45) is 23.7 Å². The zero-order valence-electron chi connectivity index (χ0n) is 54.8. The lowest BCUT2D eigenvalue weighted by atomic mass is 9.89. The number of nitro groups is 1. The molecule has 0 saturated carbocycles. The minimum Gasteiger partial charge on any atom is -0.487 e. The van der Waals surface area contributed by atoms with Gasteiger partial charge in [-0.25, -0.2) is 4.79 Å². The Morgan fingerprint density at radius 1 is 0.824 bits per heavy atom. The molecule has 3 aliphatic rings. The smallest absolute Gasteiger partial charge is 0.410 e. The number of aliphatic hydroxyl groups is 1. The summed E-state index contributed by atoms with van der Waals surface area (Å²) in [7, 11) is 6.05. The number of anilines is 1. The van der Waals surface area contributed by atoms with Crippen LogP contribution in [0.2, 0.25) is 0 Å². The van der Waals surface area contributed by atoms with Crippen LogP contribution in [0.25, 0.3) is 0 Å². The molecular weight excluding hydrogens is 1170 g/mol. The molecule has 1 aliphatic carbocycles. The minimum absolute atomic E-state index is 0.0516. The number of allylic oxidation sites excluding steroid dienone is 3. The van der Waals surface area contributed by atoms with Crippen molar-refractivity contribution in [2.45, 2.75) is 181 Å². The van der Waals surface area contributed by atoms with E-state index in [0.717, 1.165) is 21.8 Å². The van der Waals surface area contributed by atoms with Gasteiger partial charge in [-0.1, -0.05) is 85.6 Å². The number of imide groups is 1. The standard InChI is InChI=1S/C66H95N9O16/c1-13-42(6)60(52(88-11)36-57(80)73-34-20-23-50(73)62(89-12)43(7)63(82)68-44(8)61(81)47-21-16-14-17-22-47)71(9)65(84)58(40(2)3)70-64(83)59(41(4)5)72(10)66(85)91-39-46-27-30-51(90-38-45-25-28-48(29-26-45)75(86)87)49(35-46)69-54(77)37-67-53(76)24-18-15-19-33-74-55(78)31-32-56(74)79/h14,16,21,25-32,35,40-44,50,52,58-62,81H,13,15,17-20,22-24,33-34,36-39H2,1-12H3,(H,67,76)(H,68,82)(H,69,77)(H,70,83)/t42-,43+,44+,50?,52+,58-,59-,60-,61?,62+/m0/s1. The molecule has 10 atom stereocenters. The Hall–Kier alpha value is -8.03. The molecule has 500 valence electrons. The summed E-state index contributed by atoms with van der Waals surface area (Å²) in [6, 6.07) is 6.50. The highest BCUT2D eigenvalue weighted by Gasteiger charge is 2.44. The number of benzene rings is 2. The van der Waals surface area contributed by atoms with Gasteiger partial charge in [-0.3, -0.25) is 58.3 Å². The maximum Gasteiger partial charge on any atom is 0.410 e. The van der Waals surface area contributed by atoms with Crippen LogP contribution in [0.15, 0.2) is 78.4 Å². The Balaban J connectivity index is 1.23. The third-order valence-corrected chi connectivity index (χ3v) is 17.2. The molecule has 25 nitrogen and oxygen atoms in total. The number of methoxy groups -OCH3 is 2. The largest absolute Gasteiger partial charge is 0.487 e. The van der Waals surface area contributed by atoms with Crippen molar-refractivity contribution in [3.63, 3.8) is 0 Å². The van der Waals surface area contributed by atoms with Gasteiger partial charge in [0.15, 0.2) is 0 Å². The second kappa shape index (κ2) is 35.5. The number of nitrogens with zero attached hydrogens (tertiary/aromatic N) is 5. The van der Waals surface area contributed by atoms with Crippen molar-refractivity contribution < 1.29 is 72.1 Å². The molecule has 2 aromatic rings. The number of likely N-dealkylation sites (tertiary alicyclic amines) is 1. The Morgan fingerprint density at radius 3 is 2.11 bits per heavy atom. The summed E-state index contributed by atoms with van der Waals surface area (Å²) in [5, 5.41) is 33.5. The van der Waals surface area contributed by atoms with Crippen LogP contribution in [0.5, 0.6) is 5.75 Å². The zero-order valence-corrected chi connectivity index (χ0v) is 54.8. The van der Waals surface area contributed by atoms with Gasteiger partial charge >= 0.3 is 6.09 Å². The normalized spacial score (nSPS) is 17.7. The van der Waals surface area contributed by atoms with Crippen LogP contribution >= 0.6 is 0 Å². The molecule has 2 heterocycles. The SMILES string of the molecule is CC[C@H](C)[C@@H]([C@@H](CC(=O)N1CCCC1[C@H](OC)[C@@H](C)C(=O)N[C@H](C)C(O)C1=CC=CCC1)OC)N(C)C(=O)[C@@H](NC(=O)[C@H](C(C)C)N(C)C(=O)OCc1ccc(OCc2ccc([N+](=O)[O-])cc2)c(NC(=O)CNC(=O)CCCCCN2C(=O)C=CC2=O)c1)C(C)C. The highest BCUT2D eigenvalue weighted by Crippen LogP contribution is 2.32. The van der Waals surface area contributed by atoms with E-state index in [1.165, 1.54) is 69.8 Å². The number of nitro benzene ring substituents is 1. The molecule has 1 saturated heterocycles.